The van der Waals surface area contributed by atoms with E-state index in [1.807, 2.05) is 30.3 Å². The maximum atomic E-state index is 13.1. The smallest absolute Gasteiger partial charge is 0.274 e. The van der Waals surface area contributed by atoms with Crippen LogP contribution >= 0.6 is 11.6 Å². The van der Waals surface area contributed by atoms with Crippen LogP contribution in [0.25, 0.3) is 22.0 Å². The van der Waals surface area contributed by atoms with Crippen LogP contribution < -0.4 is 34.7 Å². The SMILES string of the molecule is CCS(=O)(=O)Nc1ccc(Oc2cccc(OCCOC3CCN(c4ccc(C(=O)NC5CCC(Oc6ccc(C#N)c(Cl)c6)CC5)cn4)CC3)c2)c(-c2cn(C)c(=O)c3[nH]ccc23)c1. The van der Waals surface area contributed by atoms with Gasteiger partial charge in [0.1, 0.15) is 47.0 Å². The highest BCUT2D eigenvalue weighted by atomic mass is 35.5. The topological polar surface area (TPSA) is 190 Å². The van der Waals surface area contributed by atoms with Gasteiger partial charge in [-0.15, -0.1) is 0 Å². The van der Waals surface area contributed by atoms with Gasteiger partial charge in [0.2, 0.25) is 10.0 Å². The van der Waals surface area contributed by atoms with Crippen LogP contribution in [0.4, 0.5) is 11.5 Å². The Morgan fingerprint density at radius 3 is 2.46 bits per heavy atom. The van der Waals surface area contributed by atoms with Gasteiger partial charge in [-0.1, -0.05) is 17.7 Å². The molecule has 65 heavy (non-hydrogen) atoms. The molecule has 3 aromatic heterocycles. The van der Waals surface area contributed by atoms with Crippen LogP contribution in [-0.4, -0.2) is 79.2 Å². The molecule has 1 saturated heterocycles. The molecule has 0 bridgehead atoms. The Morgan fingerprint density at radius 1 is 0.923 bits per heavy atom. The summed E-state index contributed by atoms with van der Waals surface area (Å²) in [5.74, 6) is 2.80. The third-order valence-electron chi connectivity index (χ3n) is 11.7. The molecule has 8 rings (SSSR count). The number of aryl methyl sites for hydroxylation is 1. The van der Waals surface area contributed by atoms with E-state index in [9.17, 15) is 18.0 Å². The van der Waals surface area contributed by atoms with Gasteiger partial charge >= 0.3 is 0 Å². The number of nitrogens with zero attached hydrogens (tertiary/aromatic N) is 4. The highest BCUT2D eigenvalue weighted by Crippen LogP contribution is 2.39. The summed E-state index contributed by atoms with van der Waals surface area (Å²) in [7, 11) is -1.88. The second-order valence-corrected chi connectivity index (χ2v) is 18.6. The summed E-state index contributed by atoms with van der Waals surface area (Å²) in [5.41, 5.74) is 2.82. The summed E-state index contributed by atoms with van der Waals surface area (Å²) in [6.45, 7) is 3.84. The van der Waals surface area contributed by atoms with E-state index in [-0.39, 0.29) is 35.5 Å². The molecule has 0 unspecified atom stereocenters. The molecule has 0 radical (unpaired) electrons. The van der Waals surface area contributed by atoms with Crippen molar-refractivity contribution in [2.24, 2.45) is 7.05 Å². The Balaban J connectivity index is 0.787. The van der Waals surface area contributed by atoms with Gasteiger partial charge in [-0.3, -0.25) is 14.3 Å². The normalized spacial score (nSPS) is 16.7. The summed E-state index contributed by atoms with van der Waals surface area (Å²) in [6, 6.07) is 25.0. The number of halogens is 1. The second-order valence-electron chi connectivity index (χ2n) is 16.1. The van der Waals surface area contributed by atoms with E-state index >= 15 is 0 Å². The molecule has 1 saturated carbocycles. The molecule has 3 aromatic carbocycles. The summed E-state index contributed by atoms with van der Waals surface area (Å²) in [5, 5.41) is 13.3. The molecule has 6 aromatic rings. The van der Waals surface area contributed by atoms with Crippen LogP contribution in [0.3, 0.4) is 0 Å². The average molecular weight is 920 g/mol. The molecule has 17 heteroatoms. The predicted octanol–water partition coefficient (Wildman–Crippen LogP) is 8.19. The van der Waals surface area contributed by atoms with Crippen molar-refractivity contribution >= 4 is 49.9 Å². The molecule has 1 aliphatic heterocycles. The lowest BCUT2D eigenvalue weighted by atomic mass is 9.92. The monoisotopic (exact) mass is 919 g/mol. The standard InChI is InChI=1S/C48H50ClN7O8S/c1-3-65(59,60)54-34-11-15-44(41(25-34)42-30-55(2)48(58)46-40(42)17-20-51-46)64-38-6-4-5-37(26-38)62-24-23-61-35-18-21-56(22-19-35)45-16-8-32(29-52-45)47(57)53-33-9-13-36(14-10-33)63-39-12-7-31(28-50)43(49)27-39/h4-8,11-12,15-17,20,25-27,29-30,33,35-36,51,54H,3,9-10,13-14,18-19,21-24H2,1-2H3,(H,53,57). The van der Waals surface area contributed by atoms with Gasteiger partial charge in [0.05, 0.1) is 40.7 Å². The Bertz CT molecular complexity index is 2860. The van der Waals surface area contributed by atoms with Crippen molar-refractivity contribution < 1.29 is 32.2 Å². The zero-order valence-corrected chi connectivity index (χ0v) is 37.7. The number of fused-ring (bicyclic) bond motifs is 1. The molecule has 3 N–H and O–H groups in total. The third kappa shape index (κ3) is 11.1. The summed E-state index contributed by atoms with van der Waals surface area (Å²) in [6.07, 6.45) is 9.97. The zero-order chi connectivity index (χ0) is 45.5. The van der Waals surface area contributed by atoms with E-state index < -0.39 is 10.0 Å². The van der Waals surface area contributed by atoms with Gasteiger partial charge in [0.15, 0.2) is 0 Å². The number of rotatable bonds is 16. The van der Waals surface area contributed by atoms with Crippen molar-refractivity contribution in [1.82, 2.24) is 19.9 Å². The molecule has 1 amide bonds. The fourth-order valence-corrected chi connectivity index (χ4v) is 9.01. The van der Waals surface area contributed by atoms with Crippen molar-refractivity contribution in [2.45, 2.75) is 63.7 Å². The fourth-order valence-electron chi connectivity index (χ4n) is 8.16. The molecule has 0 spiro atoms. The van der Waals surface area contributed by atoms with Gasteiger partial charge < -0.3 is 38.7 Å². The number of carbonyl (C=O) groups excluding carboxylic acids is 1. The first kappa shape index (κ1) is 45.0. The minimum absolute atomic E-state index is 0.0216. The van der Waals surface area contributed by atoms with Crippen molar-refractivity contribution in [3.05, 3.63) is 124 Å². The lowest BCUT2D eigenvalue weighted by molar-refractivity contribution is 0.0202. The van der Waals surface area contributed by atoms with Crippen LogP contribution in [0.1, 0.15) is 61.4 Å². The average Bonchev–Trinajstić information content (AvgIpc) is 3.81. The molecule has 4 heterocycles. The van der Waals surface area contributed by atoms with Crippen molar-refractivity contribution in [2.75, 3.05) is 41.7 Å². The number of anilines is 2. The van der Waals surface area contributed by atoms with Gasteiger partial charge in [0, 0.05) is 79.1 Å². The molecule has 15 nitrogen and oxygen atoms in total. The Labute approximate surface area is 382 Å². The van der Waals surface area contributed by atoms with Crippen molar-refractivity contribution in [3.63, 3.8) is 0 Å². The number of nitrogens with one attached hydrogen (secondary N) is 3. The first-order valence-electron chi connectivity index (χ1n) is 21.7. The first-order valence-corrected chi connectivity index (χ1v) is 23.7. The molecular weight excluding hydrogens is 870 g/mol. The van der Waals surface area contributed by atoms with E-state index in [0.29, 0.717) is 80.1 Å². The van der Waals surface area contributed by atoms with Crippen molar-refractivity contribution in [3.8, 4) is 40.2 Å². The van der Waals surface area contributed by atoms with E-state index in [1.165, 1.54) is 4.57 Å². The van der Waals surface area contributed by atoms with E-state index in [2.05, 4.69) is 31.0 Å². The number of ether oxygens (including phenoxy) is 4. The number of nitriles is 1. The molecule has 0 atom stereocenters. The van der Waals surface area contributed by atoms with E-state index in [4.69, 9.17) is 35.8 Å². The quantitative estimate of drug-likeness (QED) is 0.0794. The number of amides is 1. The van der Waals surface area contributed by atoms with Gasteiger partial charge in [-0.05, 0) is 106 Å². The van der Waals surface area contributed by atoms with Crippen LogP contribution in [-0.2, 0) is 21.8 Å². The first-order chi connectivity index (χ1) is 31.4. The van der Waals surface area contributed by atoms with Crippen molar-refractivity contribution in [1.29, 1.82) is 5.26 Å². The number of H-pyrrole nitrogens is 1. The largest absolute Gasteiger partial charge is 0.491 e. The van der Waals surface area contributed by atoms with Gasteiger partial charge in [-0.25, -0.2) is 13.4 Å². The summed E-state index contributed by atoms with van der Waals surface area (Å²) in [4.78, 5) is 35.8. The summed E-state index contributed by atoms with van der Waals surface area (Å²) >= 11 is 6.16. The van der Waals surface area contributed by atoms with E-state index in [0.717, 1.165) is 57.4 Å². The number of sulfonamides is 1. The Kier molecular flexibility index (Phi) is 13.9. The molecule has 2 aliphatic rings. The minimum atomic E-state index is -3.55. The van der Waals surface area contributed by atoms with E-state index in [1.54, 1.807) is 81.1 Å². The van der Waals surface area contributed by atoms with Gasteiger partial charge in [0.25, 0.3) is 11.5 Å². The number of benzene rings is 3. The highest BCUT2D eigenvalue weighted by molar-refractivity contribution is 7.92. The van der Waals surface area contributed by atoms with Crippen LogP contribution in [0, 0.1) is 11.3 Å². The fraction of sp³-hybridized carbons (Fsp3) is 0.333. The number of aromatic amines is 1. The number of pyridine rings is 2. The highest BCUT2D eigenvalue weighted by Gasteiger charge is 2.26. The maximum absolute atomic E-state index is 13.1. The second kappa shape index (κ2) is 20.1. The molecule has 1 aliphatic carbocycles. The predicted molar refractivity (Wildman–Crippen MR) is 250 cm³/mol. The van der Waals surface area contributed by atoms with Crippen LogP contribution in [0.5, 0.6) is 23.0 Å². The zero-order valence-electron chi connectivity index (χ0n) is 36.1. The van der Waals surface area contributed by atoms with Crippen LogP contribution in [0.15, 0.2) is 102 Å². The molecular formula is C48H50ClN7O8S. The number of piperidine rings is 1. The minimum Gasteiger partial charge on any atom is -0.491 e. The van der Waals surface area contributed by atoms with Crippen LogP contribution in [0.2, 0.25) is 5.02 Å². The van der Waals surface area contributed by atoms with Gasteiger partial charge in [-0.2, -0.15) is 5.26 Å². The number of carbonyl (C=O) groups is 1. The molecule has 2 fully saturated rings. The lowest BCUT2D eigenvalue weighted by Crippen LogP contribution is -2.40. The third-order valence-corrected chi connectivity index (χ3v) is 13.3. The summed E-state index contributed by atoms with van der Waals surface area (Å²) < 4.78 is 53.7. The lowest BCUT2D eigenvalue weighted by Gasteiger charge is -2.32. The maximum Gasteiger partial charge on any atom is 0.274 e. The molecule has 338 valence electrons. The number of hydrogen-bond donors (Lipinski definition) is 3. The Morgan fingerprint density at radius 2 is 1.72 bits per heavy atom. The Hall–Kier alpha value is -6.54. The number of hydrogen-bond acceptors (Lipinski definition) is 11. The number of aromatic nitrogens is 3.